The van der Waals surface area contributed by atoms with Crippen LogP contribution in [-0.4, -0.2) is 37.1 Å². The molecule has 2 aliphatic rings. The zero-order chi connectivity index (χ0) is 11.4. The third-order valence-electron chi connectivity index (χ3n) is 4.51. The summed E-state index contributed by atoms with van der Waals surface area (Å²) >= 11 is 0. The smallest absolute Gasteiger partial charge is 0.00952 e. The lowest BCUT2D eigenvalue weighted by Gasteiger charge is -2.33. The summed E-state index contributed by atoms with van der Waals surface area (Å²) in [6.45, 7) is 5.00. The quantitative estimate of drug-likeness (QED) is 0.776. The Hall–Kier alpha value is -0.0800. The summed E-state index contributed by atoms with van der Waals surface area (Å²) in [6, 6.07) is 1.60. The lowest BCUT2D eigenvalue weighted by atomic mass is 9.85. The summed E-state index contributed by atoms with van der Waals surface area (Å²) in [6.07, 6.45) is 9.84. The molecule has 0 amide bonds. The standard InChI is InChI=1S/C14H28N2/c1-12-6-3-4-8-14(12)15-13-7-5-10-16(2)11-9-13/h12-15H,3-11H2,1-2H3. The first-order valence-electron chi connectivity index (χ1n) is 7.20. The molecule has 1 saturated carbocycles. The van der Waals surface area contributed by atoms with Gasteiger partial charge < -0.3 is 10.2 Å². The van der Waals surface area contributed by atoms with E-state index in [1.165, 1.54) is 58.0 Å². The Kier molecular flexibility index (Phi) is 4.66. The van der Waals surface area contributed by atoms with Crippen LogP contribution in [0, 0.1) is 5.92 Å². The van der Waals surface area contributed by atoms with E-state index in [0.29, 0.717) is 0 Å². The number of rotatable bonds is 2. The first-order chi connectivity index (χ1) is 7.75. The predicted molar refractivity (Wildman–Crippen MR) is 69.7 cm³/mol. The van der Waals surface area contributed by atoms with E-state index in [-0.39, 0.29) is 0 Å². The van der Waals surface area contributed by atoms with E-state index in [0.717, 1.165) is 18.0 Å². The molecular formula is C14H28N2. The normalized spacial score (nSPS) is 38.2. The van der Waals surface area contributed by atoms with Crippen molar-refractivity contribution < 1.29 is 0 Å². The minimum atomic E-state index is 0.787. The third kappa shape index (κ3) is 3.46. The maximum atomic E-state index is 3.94. The van der Waals surface area contributed by atoms with Crippen LogP contribution in [0.5, 0.6) is 0 Å². The third-order valence-corrected chi connectivity index (χ3v) is 4.51. The van der Waals surface area contributed by atoms with Crippen molar-refractivity contribution in [2.45, 2.75) is 64.0 Å². The van der Waals surface area contributed by atoms with Crippen LogP contribution >= 0.6 is 0 Å². The second-order valence-electron chi connectivity index (χ2n) is 5.97. The van der Waals surface area contributed by atoms with Crippen molar-refractivity contribution in [3.05, 3.63) is 0 Å². The molecule has 0 bridgehead atoms. The first kappa shape index (κ1) is 12.4. The Bertz CT molecular complexity index is 205. The van der Waals surface area contributed by atoms with Crippen LogP contribution < -0.4 is 5.32 Å². The Morgan fingerprint density at radius 3 is 2.56 bits per heavy atom. The lowest BCUT2D eigenvalue weighted by Crippen LogP contribution is -2.43. The maximum Gasteiger partial charge on any atom is 0.00952 e. The van der Waals surface area contributed by atoms with E-state index in [9.17, 15) is 0 Å². The van der Waals surface area contributed by atoms with Crippen molar-refractivity contribution in [2.24, 2.45) is 5.92 Å². The number of hydrogen-bond donors (Lipinski definition) is 1. The fourth-order valence-electron chi connectivity index (χ4n) is 3.27. The summed E-state index contributed by atoms with van der Waals surface area (Å²) in [7, 11) is 2.26. The second-order valence-corrected chi connectivity index (χ2v) is 5.97. The van der Waals surface area contributed by atoms with Gasteiger partial charge in [-0.2, -0.15) is 0 Å². The molecule has 2 rings (SSSR count). The van der Waals surface area contributed by atoms with Gasteiger partial charge in [-0.3, -0.25) is 0 Å². The summed E-state index contributed by atoms with van der Waals surface area (Å²) in [5.74, 6) is 0.898. The molecule has 0 aromatic carbocycles. The summed E-state index contributed by atoms with van der Waals surface area (Å²) in [4.78, 5) is 2.48. The Labute approximate surface area is 101 Å². The van der Waals surface area contributed by atoms with E-state index >= 15 is 0 Å². The average molecular weight is 224 g/mol. The van der Waals surface area contributed by atoms with E-state index in [1.807, 2.05) is 0 Å². The minimum absolute atomic E-state index is 0.787. The molecular weight excluding hydrogens is 196 g/mol. The van der Waals surface area contributed by atoms with Gasteiger partial charge in [0.1, 0.15) is 0 Å². The summed E-state index contributed by atoms with van der Waals surface area (Å²) < 4.78 is 0. The van der Waals surface area contributed by atoms with Crippen molar-refractivity contribution in [2.75, 3.05) is 20.1 Å². The Morgan fingerprint density at radius 2 is 1.75 bits per heavy atom. The molecule has 1 saturated heterocycles. The highest BCUT2D eigenvalue weighted by Gasteiger charge is 2.24. The Balaban J connectivity index is 1.79. The predicted octanol–water partition coefficient (Wildman–Crippen LogP) is 2.64. The van der Waals surface area contributed by atoms with Crippen LogP contribution in [0.2, 0.25) is 0 Å². The summed E-state index contributed by atoms with van der Waals surface area (Å²) in [5.41, 5.74) is 0. The van der Waals surface area contributed by atoms with Crippen molar-refractivity contribution in [3.8, 4) is 0 Å². The molecule has 0 aromatic rings. The molecule has 2 nitrogen and oxygen atoms in total. The van der Waals surface area contributed by atoms with E-state index in [1.54, 1.807) is 0 Å². The van der Waals surface area contributed by atoms with Crippen LogP contribution in [0.3, 0.4) is 0 Å². The van der Waals surface area contributed by atoms with Gasteiger partial charge in [0.15, 0.2) is 0 Å². The van der Waals surface area contributed by atoms with Crippen molar-refractivity contribution in [3.63, 3.8) is 0 Å². The Morgan fingerprint density at radius 1 is 0.938 bits per heavy atom. The average Bonchev–Trinajstić information content (AvgIpc) is 2.47. The lowest BCUT2D eigenvalue weighted by molar-refractivity contribution is 0.248. The molecule has 1 N–H and O–H groups in total. The van der Waals surface area contributed by atoms with E-state index < -0.39 is 0 Å². The van der Waals surface area contributed by atoms with Crippen LogP contribution in [0.1, 0.15) is 51.9 Å². The zero-order valence-electron chi connectivity index (χ0n) is 11.0. The van der Waals surface area contributed by atoms with Gasteiger partial charge in [0, 0.05) is 12.1 Å². The fraction of sp³-hybridized carbons (Fsp3) is 1.00. The molecule has 2 heteroatoms. The van der Waals surface area contributed by atoms with Gasteiger partial charge in [0.2, 0.25) is 0 Å². The SMILES string of the molecule is CC1CCCCC1NC1CCCN(C)CC1. The van der Waals surface area contributed by atoms with Crippen LogP contribution in [0.25, 0.3) is 0 Å². The largest absolute Gasteiger partial charge is 0.311 e. The molecule has 1 aliphatic carbocycles. The molecule has 3 atom stereocenters. The molecule has 16 heavy (non-hydrogen) atoms. The number of nitrogens with one attached hydrogen (secondary N) is 1. The fourth-order valence-corrected chi connectivity index (χ4v) is 3.27. The molecule has 0 aromatic heterocycles. The van der Waals surface area contributed by atoms with Crippen molar-refractivity contribution >= 4 is 0 Å². The van der Waals surface area contributed by atoms with Gasteiger partial charge in [-0.05, 0) is 58.2 Å². The van der Waals surface area contributed by atoms with Gasteiger partial charge in [-0.1, -0.05) is 19.8 Å². The highest BCUT2D eigenvalue weighted by atomic mass is 15.1. The van der Waals surface area contributed by atoms with Crippen LogP contribution in [0.4, 0.5) is 0 Å². The number of hydrogen-bond acceptors (Lipinski definition) is 2. The van der Waals surface area contributed by atoms with Gasteiger partial charge in [-0.25, -0.2) is 0 Å². The van der Waals surface area contributed by atoms with E-state index in [2.05, 4.69) is 24.2 Å². The van der Waals surface area contributed by atoms with Gasteiger partial charge >= 0.3 is 0 Å². The second kappa shape index (κ2) is 6.02. The van der Waals surface area contributed by atoms with Crippen molar-refractivity contribution in [1.29, 1.82) is 0 Å². The molecule has 0 radical (unpaired) electrons. The van der Waals surface area contributed by atoms with Crippen LogP contribution in [-0.2, 0) is 0 Å². The number of nitrogens with zero attached hydrogens (tertiary/aromatic N) is 1. The molecule has 0 spiro atoms. The summed E-state index contributed by atoms with van der Waals surface area (Å²) in [5, 5.41) is 3.94. The maximum absolute atomic E-state index is 3.94. The topological polar surface area (TPSA) is 15.3 Å². The van der Waals surface area contributed by atoms with Gasteiger partial charge in [-0.15, -0.1) is 0 Å². The molecule has 1 aliphatic heterocycles. The zero-order valence-corrected chi connectivity index (χ0v) is 11.0. The van der Waals surface area contributed by atoms with Crippen LogP contribution in [0.15, 0.2) is 0 Å². The molecule has 94 valence electrons. The molecule has 2 fully saturated rings. The van der Waals surface area contributed by atoms with Crippen molar-refractivity contribution in [1.82, 2.24) is 10.2 Å². The van der Waals surface area contributed by atoms with Gasteiger partial charge in [0.05, 0.1) is 0 Å². The molecule has 1 heterocycles. The monoisotopic (exact) mass is 224 g/mol. The van der Waals surface area contributed by atoms with E-state index in [4.69, 9.17) is 0 Å². The van der Waals surface area contributed by atoms with Gasteiger partial charge in [0.25, 0.3) is 0 Å². The highest BCUT2D eigenvalue weighted by Crippen LogP contribution is 2.25. The highest BCUT2D eigenvalue weighted by molar-refractivity contribution is 4.83. The minimum Gasteiger partial charge on any atom is -0.311 e. The molecule has 3 unspecified atom stereocenters. The number of likely N-dealkylation sites (tertiary alicyclic amines) is 1. The first-order valence-corrected chi connectivity index (χ1v) is 7.20.